The summed E-state index contributed by atoms with van der Waals surface area (Å²) >= 11 is 0. The number of aromatic nitrogens is 4. The van der Waals surface area contributed by atoms with Gasteiger partial charge in [-0.15, -0.1) is 0 Å². The van der Waals surface area contributed by atoms with Crippen molar-refractivity contribution in [1.29, 1.82) is 0 Å². The molecule has 4 rings (SSSR count). The maximum Gasteiger partial charge on any atom is 0.258 e. The fourth-order valence-electron chi connectivity index (χ4n) is 2.62. The molecular formula is C18H14N4O. The van der Waals surface area contributed by atoms with Gasteiger partial charge in [-0.3, -0.25) is 9.48 Å². The van der Waals surface area contributed by atoms with Crippen LogP contribution in [0.1, 0.15) is 5.56 Å². The lowest BCUT2D eigenvalue weighted by Gasteiger charge is -2.01. The van der Waals surface area contributed by atoms with E-state index in [1.54, 1.807) is 6.07 Å². The Kier molecular flexibility index (Phi) is 3.24. The van der Waals surface area contributed by atoms with Crippen LogP contribution in [0, 0.1) is 0 Å². The van der Waals surface area contributed by atoms with Crippen molar-refractivity contribution in [2.75, 3.05) is 0 Å². The highest BCUT2D eigenvalue weighted by Crippen LogP contribution is 2.21. The number of hydrogen-bond donors (Lipinski definition) is 1. The summed E-state index contributed by atoms with van der Waals surface area (Å²) in [5, 5.41) is 5.00. The summed E-state index contributed by atoms with van der Waals surface area (Å²) in [5.74, 6) is 0. The first-order valence-electron chi connectivity index (χ1n) is 7.34. The van der Waals surface area contributed by atoms with E-state index < -0.39 is 0 Å². The molecule has 0 atom stereocenters. The highest BCUT2D eigenvalue weighted by Gasteiger charge is 2.06. The lowest BCUT2D eigenvalue weighted by molar-refractivity contribution is 0.687. The van der Waals surface area contributed by atoms with E-state index in [0.717, 1.165) is 17.7 Å². The summed E-state index contributed by atoms with van der Waals surface area (Å²) < 4.78 is 1.90. The number of H-pyrrole nitrogens is 1. The van der Waals surface area contributed by atoms with E-state index in [0.29, 0.717) is 10.9 Å². The Morgan fingerprint density at radius 3 is 2.78 bits per heavy atom. The third kappa shape index (κ3) is 2.64. The van der Waals surface area contributed by atoms with Gasteiger partial charge in [-0.2, -0.15) is 5.10 Å². The average molecular weight is 302 g/mol. The van der Waals surface area contributed by atoms with Crippen molar-refractivity contribution in [1.82, 2.24) is 19.7 Å². The highest BCUT2D eigenvalue weighted by molar-refractivity contribution is 5.83. The number of aromatic amines is 1. The van der Waals surface area contributed by atoms with E-state index in [2.05, 4.69) is 27.2 Å². The first-order chi connectivity index (χ1) is 11.3. The van der Waals surface area contributed by atoms with Gasteiger partial charge in [-0.1, -0.05) is 36.4 Å². The van der Waals surface area contributed by atoms with Crippen LogP contribution < -0.4 is 5.56 Å². The van der Waals surface area contributed by atoms with E-state index in [9.17, 15) is 4.79 Å². The highest BCUT2D eigenvalue weighted by atomic mass is 16.1. The second kappa shape index (κ2) is 5.53. The molecule has 5 nitrogen and oxygen atoms in total. The maximum absolute atomic E-state index is 11.7. The molecule has 0 aliphatic carbocycles. The van der Waals surface area contributed by atoms with Crippen LogP contribution in [0.5, 0.6) is 0 Å². The number of nitrogens with zero attached hydrogens (tertiary/aromatic N) is 3. The normalized spacial score (nSPS) is 11.0. The van der Waals surface area contributed by atoms with Crippen molar-refractivity contribution < 1.29 is 0 Å². The molecule has 2 heterocycles. The SMILES string of the molecule is O=c1[nH]cnc2cc(-c3cnn(Cc4ccccc4)c3)ccc12. The molecule has 0 spiro atoms. The smallest absolute Gasteiger partial charge is 0.258 e. The molecular weight excluding hydrogens is 288 g/mol. The molecule has 0 amide bonds. The third-order valence-electron chi connectivity index (χ3n) is 3.80. The first kappa shape index (κ1) is 13.5. The molecule has 23 heavy (non-hydrogen) atoms. The molecule has 1 N–H and O–H groups in total. The molecule has 112 valence electrons. The number of rotatable bonds is 3. The van der Waals surface area contributed by atoms with Crippen LogP contribution in [-0.4, -0.2) is 19.7 Å². The lowest BCUT2D eigenvalue weighted by atomic mass is 10.1. The van der Waals surface area contributed by atoms with Gasteiger partial charge >= 0.3 is 0 Å². The maximum atomic E-state index is 11.7. The van der Waals surface area contributed by atoms with Crippen LogP contribution in [0.4, 0.5) is 0 Å². The number of hydrogen-bond acceptors (Lipinski definition) is 3. The first-order valence-corrected chi connectivity index (χ1v) is 7.34. The Bertz CT molecular complexity index is 1020. The molecule has 5 heteroatoms. The van der Waals surface area contributed by atoms with Crippen molar-refractivity contribution in [3.05, 3.63) is 83.2 Å². The minimum Gasteiger partial charge on any atom is -0.313 e. The fraction of sp³-hybridized carbons (Fsp3) is 0.0556. The Labute approximate surface area is 132 Å². The lowest BCUT2D eigenvalue weighted by Crippen LogP contribution is -2.05. The second-order valence-electron chi connectivity index (χ2n) is 5.38. The molecule has 0 bridgehead atoms. The van der Waals surface area contributed by atoms with Gasteiger partial charge < -0.3 is 4.98 Å². The van der Waals surface area contributed by atoms with Gasteiger partial charge in [-0.05, 0) is 23.3 Å². The molecule has 0 unspecified atom stereocenters. The Morgan fingerprint density at radius 1 is 1.04 bits per heavy atom. The van der Waals surface area contributed by atoms with Crippen LogP contribution in [0.25, 0.3) is 22.0 Å². The molecule has 0 saturated carbocycles. The Hall–Kier alpha value is -3.21. The predicted molar refractivity (Wildman–Crippen MR) is 89.1 cm³/mol. The number of nitrogens with one attached hydrogen (secondary N) is 1. The van der Waals surface area contributed by atoms with E-state index in [1.807, 2.05) is 47.4 Å². The van der Waals surface area contributed by atoms with Crippen LogP contribution in [0.15, 0.2) is 72.0 Å². The summed E-state index contributed by atoms with van der Waals surface area (Å²) in [4.78, 5) is 18.5. The van der Waals surface area contributed by atoms with Gasteiger partial charge in [0.2, 0.25) is 0 Å². The van der Waals surface area contributed by atoms with Gasteiger partial charge in [0.25, 0.3) is 5.56 Å². The Morgan fingerprint density at radius 2 is 1.91 bits per heavy atom. The van der Waals surface area contributed by atoms with Crippen LogP contribution in [-0.2, 0) is 6.54 Å². The van der Waals surface area contributed by atoms with Crippen molar-refractivity contribution in [2.45, 2.75) is 6.54 Å². The third-order valence-corrected chi connectivity index (χ3v) is 3.80. The molecule has 0 fully saturated rings. The Balaban J connectivity index is 1.67. The van der Waals surface area contributed by atoms with Crippen molar-refractivity contribution in [3.8, 4) is 11.1 Å². The van der Waals surface area contributed by atoms with E-state index in [-0.39, 0.29) is 5.56 Å². The van der Waals surface area contributed by atoms with Gasteiger partial charge in [0.1, 0.15) is 0 Å². The van der Waals surface area contributed by atoms with E-state index in [4.69, 9.17) is 0 Å². The molecule has 0 aliphatic heterocycles. The molecule has 0 aliphatic rings. The van der Waals surface area contributed by atoms with Crippen LogP contribution in [0.3, 0.4) is 0 Å². The molecule has 4 aromatic rings. The molecule has 0 radical (unpaired) electrons. The summed E-state index contributed by atoms with van der Waals surface area (Å²) in [6.07, 6.45) is 5.26. The zero-order chi connectivity index (χ0) is 15.6. The molecule has 2 aromatic heterocycles. The van der Waals surface area contributed by atoms with Gasteiger partial charge in [0.05, 0.1) is 30.0 Å². The van der Waals surface area contributed by atoms with E-state index in [1.165, 1.54) is 11.9 Å². The van der Waals surface area contributed by atoms with Crippen LogP contribution >= 0.6 is 0 Å². The summed E-state index contributed by atoms with van der Waals surface area (Å²) in [6.45, 7) is 0.729. The average Bonchev–Trinajstić information content (AvgIpc) is 3.04. The van der Waals surface area contributed by atoms with Gasteiger partial charge in [0, 0.05) is 11.8 Å². The summed E-state index contributed by atoms with van der Waals surface area (Å²) in [6, 6.07) is 15.8. The van der Waals surface area contributed by atoms with Gasteiger partial charge in [0.15, 0.2) is 0 Å². The topological polar surface area (TPSA) is 63.6 Å². The zero-order valence-electron chi connectivity index (χ0n) is 12.3. The standard InChI is InChI=1S/C18H14N4O/c23-18-16-7-6-14(8-17(16)19-12-20-18)15-9-21-22(11-15)10-13-4-2-1-3-5-13/h1-9,11-12H,10H2,(H,19,20,23). The number of fused-ring (bicyclic) bond motifs is 1. The number of benzene rings is 2. The monoisotopic (exact) mass is 302 g/mol. The fourth-order valence-corrected chi connectivity index (χ4v) is 2.62. The minimum atomic E-state index is -0.124. The minimum absolute atomic E-state index is 0.124. The molecule has 2 aromatic carbocycles. The largest absolute Gasteiger partial charge is 0.313 e. The summed E-state index contributed by atoms with van der Waals surface area (Å²) in [7, 11) is 0. The van der Waals surface area contributed by atoms with Gasteiger partial charge in [-0.25, -0.2) is 4.98 Å². The zero-order valence-corrected chi connectivity index (χ0v) is 12.3. The summed E-state index contributed by atoms with van der Waals surface area (Å²) in [5.41, 5.74) is 3.76. The van der Waals surface area contributed by atoms with Crippen molar-refractivity contribution in [2.24, 2.45) is 0 Å². The van der Waals surface area contributed by atoms with Crippen molar-refractivity contribution >= 4 is 10.9 Å². The van der Waals surface area contributed by atoms with E-state index >= 15 is 0 Å². The van der Waals surface area contributed by atoms with Crippen LogP contribution in [0.2, 0.25) is 0 Å². The van der Waals surface area contributed by atoms with Crippen molar-refractivity contribution in [3.63, 3.8) is 0 Å². The quantitative estimate of drug-likeness (QED) is 0.633. The predicted octanol–water partition coefficient (Wildman–Crippen LogP) is 2.83. The second-order valence-corrected chi connectivity index (χ2v) is 5.38. The molecule has 0 saturated heterocycles.